The van der Waals surface area contributed by atoms with Gasteiger partial charge in [-0.1, -0.05) is 13.0 Å². The van der Waals surface area contributed by atoms with E-state index < -0.39 is 0 Å². The molecule has 1 fully saturated rings. The highest BCUT2D eigenvalue weighted by Crippen LogP contribution is 2.21. The van der Waals surface area contributed by atoms with Crippen LogP contribution < -0.4 is 5.32 Å². The topological polar surface area (TPSA) is 70.1 Å². The molecule has 0 aliphatic carbocycles. The van der Waals surface area contributed by atoms with Crippen molar-refractivity contribution in [3.8, 4) is 5.69 Å². The molecule has 0 spiro atoms. The van der Waals surface area contributed by atoms with Crippen LogP contribution in [0.15, 0.2) is 36.7 Å². The second-order valence-corrected chi connectivity index (χ2v) is 6.59. The van der Waals surface area contributed by atoms with E-state index in [-0.39, 0.29) is 17.7 Å². The molecule has 1 aromatic heterocycles. The second-order valence-electron chi connectivity index (χ2n) is 6.21. The average Bonchev–Trinajstić information content (AvgIpc) is 3.07. The minimum Gasteiger partial charge on any atom is -0.342 e. The van der Waals surface area contributed by atoms with Crippen LogP contribution in [0.5, 0.6) is 0 Å². The fraction of sp³-hybridized carbons (Fsp3) is 0.389. The van der Waals surface area contributed by atoms with E-state index in [9.17, 15) is 9.59 Å². The van der Waals surface area contributed by atoms with Gasteiger partial charge in [-0.2, -0.15) is 0 Å². The maximum absolute atomic E-state index is 12.6. The number of aromatic nitrogens is 2. The van der Waals surface area contributed by atoms with Crippen LogP contribution in [-0.2, 0) is 9.59 Å². The number of nitrogens with zero attached hydrogens (tertiary/aromatic N) is 2. The van der Waals surface area contributed by atoms with Crippen LogP contribution >= 0.6 is 12.2 Å². The molecule has 1 aliphatic heterocycles. The molecular weight excluding hydrogens is 336 g/mol. The fourth-order valence-corrected chi connectivity index (χ4v) is 3.38. The molecule has 1 unspecified atom stereocenters. The van der Waals surface area contributed by atoms with Crippen molar-refractivity contribution >= 4 is 29.7 Å². The number of hydrogen-bond donors (Lipinski definition) is 2. The molecule has 7 heteroatoms. The summed E-state index contributed by atoms with van der Waals surface area (Å²) >= 11 is 5.23. The van der Waals surface area contributed by atoms with E-state index in [1.54, 1.807) is 11.1 Å². The molecule has 2 heterocycles. The Bertz CT molecular complexity index is 826. The van der Waals surface area contributed by atoms with Gasteiger partial charge in [0.2, 0.25) is 11.8 Å². The Labute approximate surface area is 151 Å². The number of likely N-dealkylation sites (tertiary alicyclic amines) is 1. The molecule has 1 atom stereocenters. The normalized spacial score (nSPS) is 17.3. The van der Waals surface area contributed by atoms with Crippen molar-refractivity contribution < 1.29 is 9.59 Å². The van der Waals surface area contributed by atoms with Gasteiger partial charge in [-0.15, -0.1) is 0 Å². The Morgan fingerprint density at radius 2 is 2.24 bits per heavy atom. The number of aromatic amines is 1. The number of H-pyrrole nitrogens is 1. The van der Waals surface area contributed by atoms with Crippen molar-refractivity contribution in [1.29, 1.82) is 0 Å². The van der Waals surface area contributed by atoms with E-state index in [0.717, 1.165) is 30.8 Å². The molecule has 1 saturated heterocycles. The molecular formula is C18H22N4O2S. The van der Waals surface area contributed by atoms with E-state index in [1.165, 1.54) is 0 Å². The molecule has 1 aliphatic rings. The molecule has 0 saturated carbocycles. The summed E-state index contributed by atoms with van der Waals surface area (Å²) in [6.07, 6.45) is 5.77. The number of anilines is 1. The van der Waals surface area contributed by atoms with Gasteiger partial charge < -0.3 is 15.2 Å². The van der Waals surface area contributed by atoms with Crippen LogP contribution in [0.25, 0.3) is 5.69 Å². The van der Waals surface area contributed by atoms with Gasteiger partial charge >= 0.3 is 0 Å². The summed E-state index contributed by atoms with van der Waals surface area (Å²) in [6.45, 7) is 3.10. The minimum absolute atomic E-state index is 0.0385. The van der Waals surface area contributed by atoms with Gasteiger partial charge in [0, 0.05) is 43.3 Å². The van der Waals surface area contributed by atoms with Crippen LogP contribution in [0.4, 0.5) is 5.69 Å². The van der Waals surface area contributed by atoms with Crippen LogP contribution in [0.2, 0.25) is 0 Å². The predicted octanol–water partition coefficient (Wildman–Crippen LogP) is 3.12. The van der Waals surface area contributed by atoms with Gasteiger partial charge in [0.15, 0.2) is 4.77 Å². The Kier molecular flexibility index (Phi) is 5.33. The Balaban J connectivity index is 1.70. The lowest BCUT2D eigenvalue weighted by molar-refractivity contribution is -0.134. The zero-order valence-electron chi connectivity index (χ0n) is 14.2. The van der Waals surface area contributed by atoms with E-state index >= 15 is 0 Å². The van der Waals surface area contributed by atoms with Crippen molar-refractivity contribution in [2.45, 2.75) is 26.2 Å². The summed E-state index contributed by atoms with van der Waals surface area (Å²) in [5.74, 6) is -0.0907. The molecule has 2 N–H and O–H groups in total. The molecule has 0 radical (unpaired) electrons. The van der Waals surface area contributed by atoms with E-state index in [4.69, 9.17) is 12.2 Å². The Morgan fingerprint density at radius 3 is 2.96 bits per heavy atom. The smallest absolute Gasteiger partial charge is 0.229 e. The van der Waals surface area contributed by atoms with Crippen molar-refractivity contribution in [2.75, 3.05) is 18.4 Å². The van der Waals surface area contributed by atoms with Crippen molar-refractivity contribution in [3.63, 3.8) is 0 Å². The highest BCUT2D eigenvalue weighted by molar-refractivity contribution is 7.71. The molecule has 2 amide bonds. The summed E-state index contributed by atoms with van der Waals surface area (Å²) in [6, 6.07) is 7.56. The highest BCUT2D eigenvalue weighted by atomic mass is 32.1. The van der Waals surface area contributed by atoms with E-state index in [2.05, 4.69) is 10.3 Å². The summed E-state index contributed by atoms with van der Waals surface area (Å²) < 4.78 is 2.44. The predicted molar refractivity (Wildman–Crippen MR) is 99.2 cm³/mol. The first-order chi connectivity index (χ1) is 12.1. The zero-order valence-corrected chi connectivity index (χ0v) is 15.0. The standard InChI is InChI=1S/C18H22N4O2S/c1-2-16(23)21-9-4-5-13(12-21)17(24)20-14-6-3-7-15(11-14)22-10-8-19-18(22)25/h3,6-8,10-11,13H,2,4-5,9,12H2,1H3,(H,19,25)(H,20,24). The molecule has 0 bridgehead atoms. The van der Waals surface area contributed by atoms with Crippen molar-refractivity contribution in [2.24, 2.45) is 5.92 Å². The monoisotopic (exact) mass is 358 g/mol. The first-order valence-corrected chi connectivity index (χ1v) is 8.94. The molecule has 132 valence electrons. The van der Waals surface area contributed by atoms with Gasteiger partial charge in [-0.25, -0.2) is 0 Å². The lowest BCUT2D eigenvalue weighted by atomic mass is 9.96. The van der Waals surface area contributed by atoms with Gasteiger partial charge in [-0.3, -0.25) is 14.2 Å². The number of piperidine rings is 1. The quantitative estimate of drug-likeness (QED) is 0.825. The zero-order chi connectivity index (χ0) is 17.8. The van der Waals surface area contributed by atoms with Crippen LogP contribution in [0.3, 0.4) is 0 Å². The van der Waals surface area contributed by atoms with Gasteiger partial charge in [0.25, 0.3) is 0 Å². The van der Waals surface area contributed by atoms with Crippen LogP contribution in [0.1, 0.15) is 26.2 Å². The second kappa shape index (κ2) is 7.65. The third kappa shape index (κ3) is 3.99. The fourth-order valence-electron chi connectivity index (χ4n) is 3.14. The first-order valence-electron chi connectivity index (χ1n) is 8.53. The third-order valence-corrected chi connectivity index (χ3v) is 4.80. The number of carbonyl (C=O) groups excluding carboxylic acids is 2. The SMILES string of the molecule is CCC(=O)N1CCCC(C(=O)Nc2cccc(-n3cc[nH]c3=S)c2)C1. The van der Waals surface area contributed by atoms with Crippen molar-refractivity contribution in [3.05, 3.63) is 41.4 Å². The molecule has 2 aromatic rings. The number of carbonyl (C=O) groups is 2. The third-order valence-electron chi connectivity index (χ3n) is 4.49. The summed E-state index contributed by atoms with van der Waals surface area (Å²) in [4.78, 5) is 29.2. The summed E-state index contributed by atoms with van der Waals surface area (Å²) in [7, 11) is 0. The Morgan fingerprint density at radius 1 is 1.40 bits per heavy atom. The number of hydrogen-bond acceptors (Lipinski definition) is 3. The maximum Gasteiger partial charge on any atom is 0.229 e. The van der Waals surface area contributed by atoms with E-state index in [0.29, 0.717) is 17.7 Å². The molecule has 25 heavy (non-hydrogen) atoms. The number of benzene rings is 1. The van der Waals surface area contributed by atoms with E-state index in [1.807, 2.05) is 42.0 Å². The number of amides is 2. The first kappa shape index (κ1) is 17.4. The highest BCUT2D eigenvalue weighted by Gasteiger charge is 2.27. The lowest BCUT2D eigenvalue weighted by Crippen LogP contribution is -2.43. The minimum atomic E-state index is -0.165. The number of rotatable bonds is 4. The van der Waals surface area contributed by atoms with Crippen LogP contribution in [-0.4, -0.2) is 39.4 Å². The van der Waals surface area contributed by atoms with Crippen molar-refractivity contribution in [1.82, 2.24) is 14.5 Å². The van der Waals surface area contributed by atoms with Crippen LogP contribution in [0, 0.1) is 10.7 Å². The lowest BCUT2D eigenvalue weighted by Gasteiger charge is -2.31. The number of imidazole rings is 1. The molecule has 1 aromatic carbocycles. The molecule has 6 nitrogen and oxygen atoms in total. The average molecular weight is 358 g/mol. The number of nitrogens with one attached hydrogen (secondary N) is 2. The summed E-state index contributed by atoms with van der Waals surface area (Å²) in [5, 5.41) is 2.98. The van der Waals surface area contributed by atoms with Gasteiger partial charge in [0.05, 0.1) is 5.92 Å². The molecule has 3 rings (SSSR count). The largest absolute Gasteiger partial charge is 0.342 e. The van der Waals surface area contributed by atoms with Gasteiger partial charge in [-0.05, 0) is 43.3 Å². The van der Waals surface area contributed by atoms with Gasteiger partial charge in [0.1, 0.15) is 0 Å². The Hall–Kier alpha value is -2.41. The maximum atomic E-state index is 12.6. The summed E-state index contributed by atoms with van der Waals surface area (Å²) in [5.41, 5.74) is 1.61.